The first-order valence-corrected chi connectivity index (χ1v) is 8.87. The Balaban J connectivity index is 1.78. The first-order valence-electron chi connectivity index (χ1n) is 8.07. The molecular formula is C17H26BrNO5. The molecule has 0 radical (unpaired) electrons. The Morgan fingerprint density at radius 3 is 1.96 bits per heavy atom. The van der Waals surface area contributed by atoms with Crippen molar-refractivity contribution in [2.45, 2.75) is 6.42 Å². The van der Waals surface area contributed by atoms with Gasteiger partial charge in [0, 0.05) is 23.1 Å². The Kier molecular flexibility index (Phi) is 13.6. The normalized spacial score (nSPS) is 10.7. The Labute approximate surface area is 151 Å². The number of hydrogen-bond acceptors (Lipinski definition) is 6. The molecule has 0 atom stereocenters. The molecule has 6 nitrogen and oxygen atoms in total. The number of halogens is 1. The summed E-state index contributed by atoms with van der Waals surface area (Å²) in [7, 11) is 0. The molecule has 1 N–H and O–H groups in total. The van der Waals surface area contributed by atoms with Gasteiger partial charge in [-0.05, 0) is 28.1 Å². The molecule has 0 heterocycles. The zero-order valence-corrected chi connectivity index (χ0v) is 15.5. The van der Waals surface area contributed by atoms with E-state index in [-0.39, 0.29) is 0 Å². The zero-order chi connectivity index (χ0) is 17.3. The number of carbonyl (C=O) groups is 1. The van der Waals surface area contributed by atoms with Crippen molar-refractivity contribution in [3.63, 3.8) is 0 Å². The Morgan fingerprint density at radius 2 is 1.38 bits per heavy atom. The van der Waals surface area contributed by atoms with Gasteiger partial charge in [-0.1, -0.05) is 12.1 Å². The number of carbonyl (C=O) groups excluding carboxylic acids is 1. The van der Waals surface area contributed by atoms with E-state index in [9.17, 15) is 4.79 Å². The second-order valence-corrected chi connectivity index (χ2v) is 5.67. The van der Waals surface area contributed by atoms with E-state index < -0.39 is 0 Å². The van der Waals surface area contributed by atoms with E-state index in [0.29, 0.717) is 59.3 Å². The zero-order valence-electron chi connectivity index (χ0n) is 13.9. The molecule has 1 aromatic carbocycles. The van der Waals surface area contributed by atoms with Gasteiger partial charge in [0.05, 0.1) is 52.9 Å². The third-order valence-electron chi connectivity index (χ3n) is 2.93. The number of hydrogen-bond donors (Lipinski definition) is 1. The van der Waals surface area contributed by atoms with Crippen LogP contribution in [0.3, 0.4) is 0 Å². The predicted molar refractivity (Wildman–Crippen MR) is 96.6 cm³/mol. The van der Waals surface area contributed by atoms with Gasteiger partial charge in [-0.3, -0.25) is 0 Å². The quantitative estimate of drug-likeness (QED) is 0.338. The minimum Gasteiger partial charge on any atom is -0.382 e. The van der Waals surface area contributed by atoms with Crippen molar-refractivity contribution in [2.24, 2.45) is 0 Å². The largest absolute Gasteiger partial charge is 0.382 e. The van der Waals surface area contributed by atoms with Crippen LogP contribution in [0.4, 0.5) is 5.69 Å². The minimum absolute atomic E-state index is 0.432. The first-order chi connectivity index (χ1) is 11.8. The molecule has 0 unspecified atom stereocenters. The van der Waals surface area contributed by atoms with Crippen LogP contribution in [0.2, 0.25) is 0 Å². The molecule has 0 aromatic heterocycles. The minimum atomic E-state index is 0.432. The van der Waals surface area contributed by atoms with Gasteiger partial charge in [0.15, 0.2) is 0 Å². The molecule has 0 aliphatic carbocycles. The van der Waals surface area contributed by atoms with Gasteiger partial charge in [0.25, 0.3) is 0 Å². The molecule has 0 aliphatic heterocycles. The monoisotopic (exact) mass is 403 g/mol. The molecule has 1 rings (SSSR count). The van der Waals surface area contributed by atoms with E-state index in [1.807, 2.05) is 24.3 Å². The van der Waals surface area contributed by atoms with Gasteiger partial charge < -0.3 is 29.1 Å². The fourth-order valence-corrected chi connectivity index (χ4v) is 2.18. The van der Waals surface area contributed by atoms with E-state index in [0.717, 1.165) is 23.0 Å². The average Bonchev–Trinajstić information content (AvgIpc) is 2.60. The maximum atomic E-state index is 10.1. The van der Waals surface area contributed by atoms with E-state index >= 15 is 0 Å². The van der Waals surface area contributed by atoms with Crippen LogP contribution in [-0.4, -0.2) is 65.7 Å². The number of nitrogens with one attached hydrogen (secondary N) is 1. The lowest BCUT2D eigenvalue weighted by Crippen LogP contribution is -2.14. The lowest BCUT2D eigenvalue weighted by Gasteiger charge is -2.09. The molecular weight excluding hydrogens is 378 g/mol. The van der Waals surface area contributed by atoms with E-state index in [2.05, 4.69) is 21.2 Å². The summed E-state index contributed by atoms with van der Waals surface area (Å²) >= 11 is 3.48. The number of ether oxygens (including phenoxy) is 4. The molecule has 24 heavy (non-hydrogen) atoms. The molecule has 7 heteroatoms. The summed E-state index contributed by atoms with van der Waals surface area (Å²) < 4.78 is 22.4. The van der Waals surface area contributed by atoms with Crippen molar-refractivity contribution in [3.8, 4) is 0 Å². The number of anilines is 1. The van der Waals surface area contributed by atoms with Crippen molar-refractivity contribution in [2.75, 3.05) is 64.7 Å². The van der Waals surface area contributed by atoms with Gasteiger partial charge in [-0.15, -0.1) is 0 Å². The number of aldehydes is 1. The Bertz CT molecular complexity index is 433. The predicted octanol–water partition coefficient (Wildman–Crippen LogP) is 2.52. The van der Waals surface area contributed by atoms with Gasteiger partial charge in [-0.2, -0.15) is 0 Å². The van der Waals surface area contributed by atoms with E-state index in [4.69, 9.17) is 18.9 Å². The molecule has 0 saturated carbocycles. The molecule has 0 fully saturated rings. The summed E-state index contributed by atoms with van der Waals surface area (Å²) in [6.07, 6.45) is 1.27. The summed E-state index contributed by atoms with van der Waals surface area (Å²) in [6, 6.07) is 7.98. The van der Waals surface area contributed by atoms with Crippen LogP contribution in [0, 0.1) is 0 Å². The highest BCUT2D eigenvalue weighted by Crippen LogP contribution is 2.20. The van der Waals surface area contributed by atoms with Crippen molar-refractivity contribution >= 4 is 27.9 Å². The van der Waals surface area contributed by atoms with Gasteiger partial charge in [0.1, 0.15) is 6.29 Å². The van der Waals surface area contributed by atoms with Crippen LogP contribution < -0.4 is 5.32 Å². The number of rotatable bonds is 16. The number of para-hydroxylation sites is 1. The molecule has 0 spiro atoms. The fourth-order valence-electron chi connectivity index (χ4n) is 1.76. The maximum absolute atomic E-state index is 10.1. The van der Waals surface area contributed by atoms with Crippen LogP contribution >= 0.6 is 15.9 Å². The van der Waals surface area contributed by atoms with Gasteiger partial charge in [0.2, 0.25) is 0 Å². The lowest BCUT2D eigenvalue weighted by molar-refractivity contribution is -0.108. The summed E-state index contributed by atoms with van der Waals surface area (Å²) in [4.78, 5) is 10.1. The SMILES string of the molecule is O=CCCOCCOCCOCCOCCNc1ccccc1Br. The highest BCUT2D eigenvalue weighted by atomic mass is 79.9. The first kappa shape index (κ1) is 21.1. The van der Waals surface area contributed by atoms with Crippen molar-refractivity contribution < 1.29 is 23.7 Å². The molecule has 0 bridgehead atoms. The van der Waals surface area contributed by atoms with Crippen LogP contribution in [0.5, 0.6) is 0 Å². The average molecular weight is 404 g/mol. The lowest BCUT2D eigenvalue weighted by atomic mass is 10.3. The smallest absolute Gasteiger partial charge is 0.122 e. The molecule has 136 valence electrons. The Hall–Kier alpha value is -0.990. The third kappa shape index (κ3) is 11.5. The van der Waals surface area contributed by atoms with E-state index in [1.165, 1.54) is 0 Å². The van der Waals surface area contributed by atoms with Crippen molar-refractivity contribution in [3.05, 3.63) is 28.7 Å². The van der Waals surface area contributed by atoms with Gasteiger partial charge >= 0.3 is 0 Å². The molecule has 0 aliphatic rings. The Morgan fingerprint density at radius 1 is 0.833 bits per heavy atom. The molecule has 0 saturated heterocycles. The summed E-state index contributed by atoms with van der Waals surface area (Å²) in [5.41, 5.74) is 1.06. The summed E-state index contributed by atoms with van der Waals surface area (Å²) in [5, 5.41) is 3.29. The van der Waals surface area contributed by atoms with E-state index in [1.54, 1.807) is 0 Å². The second-order valence-electron chi connectivity index (χ2n) is 4.81. The topological polar surface area (TPSA) is 66.0 Å². The fraction of sp³-hybridized carbons (Fsp3) is 0.588. The van der Waals surface area contributed by atoms with Crippen LogP contribution in [0.25, 0.3) is 0 Å². The molecule has 1 aromatic rings. The molecule has 0 amide bonds. The maximum Gasteiger partial charge on any atom is 0.122 e. The van der Waals surface area contributed by atoms with Gasteiger partial charge in [-0.25, -0.2) is 0 Å². The van der Waals surface area contributed by atoms with Crippen molar-refractivity contribution in [1.82, 2.24) is 0 Å². The van der Waals surface area contributed by atoms with Crippen molar-refractivity contribution in [1.29, 1.82) is 0 Å². The van der Waals surface area contributed by atoms with Crippen LogP contribution in [-0.2, 0) is 23.7 Å². The summed E-state index contributed by atoms with van der Waals surface area (Å²) in [6.45, 7) is 5.01. The third-order valence-corrected chi connectivity index (χ3v) is 3.62. The second kappa shape index (κ2) is 15.5. The summed E-state index contributed by atoms with van der Waals surface area (Å²) in [5.74, 6) is 0. The highest BCUT2D eigenvalue weighted by molar-refractivity contribution is 9.10. The van der Waals surface area contributed by atoms with Crippen LogP contribution in [0.15, 0.2) is 28.7 Å². The highest BCUT2D eigenvalue weighted by Gasteiger charge is 1.97. The standard InChI is InChI=1S/C17H26BrNO5/c18-16-4-1-2-5-17(16)19-6-9-22-11-13-24-15-14-23-12-10-21-8-3-7-20/h1-2,4-5,7,19H,3,6,8-15H2. The number of benzene rings is 1. The van der Waals surface area contributed by atoms with Crippen LogP contribution in [0.1, 0.15) is 6.42 Å².